The fourth-order valence-electron chi connectivity index (χ4n) is 3.69. The molecule has 4 rings (SSSR count). The van der Waals surface area contributed by atoms with Gasteiger partial charge in [-0.15, -0.1) is 0 Å². The van der Waals surface area contributed by atoms with Crippen LogP contribution < -0.4 is 10.1 Å². The molecule has 5 nitrogen and oxygen atoms in total. The van der Waals surface area contributed by atoms with Gasteiger partial charge >= 0.3 is 0 Å². The number of halogens is 2. The lowest BCUT2D eigenvalue weighted by Gasteiger charge is -2.32. The van der Waals surface area contributed by atoms with Gasteiger partial charge in [0, 0.05) is 18.7 Å². The van der Waals surface area contributed by atoms with E-state index in [0.717, 1.165) is 0 Å². The zero-order valence-electron chi connectivity index (χ0n) is 17.3. The molecule has 3 aromatic rings. The summed E-state index contributed by atoms with van der Waals surface area (Å²) in [5.41, 5.74) is 0.936. The summed E-state index contributed by atoms with van der Waals surface area (Å²) in [7, 11) is 0. The Morgan fingerprint density at radius 3 is 2.41 bits per heavy atom. The molecule has 32 heavy (non-hydrogen) atoms. The SMILES string of the molecule is O=C(Nc1ccccc1Oc1ccccc1Cl)C1CCCN(C(=O)c2ccc(F)cc2)C1. The number of benzene rings is 3. The maximum atomic E-state index is 13.2. The molecular weight excluding hydrogens is 431 g/mol. The Labute approximate surface area is 190 Å². The monoisotopic (exact) mass is 452 g/mol. The topological polar surface area (TPSA) is 58.6 Å². The number of anilines is 1. The van der Waals surface area contributed by atoms with Crippen LogP contribution in [0, 0.1) is 11.7 Å². The number of rotatable bonds is 5. The second-order valence-electron chi connectivity index (χ2n) is 7.62. The van der Waals surface area contributed by atoms with Crippen LogP contribution in [0.2, 0.25) is 5.02 Å². The fraction of sp³-hybridized carbons (Fsp3) is 0.200. The van der Waals surface area contributed by atoms with Crippen LogP contribution in [0.1, 0.15) is 23.2 Å². The standard InChI is InChI=1S/C25H22ClFN2O3/c26-20-7-1-3-9-22(20)32-23-10-4-2-8-21(23)28-24(30)18-6-5-15-29(16-18)25(31)17-11-13-19(27)14-12-17/h1-4,7-14,18H,5-6,15-16H2,(H,28,30). The number of piperidine rings is 1. The average Bonchev–Trinajstić information content (AvgIpc) is 2.82. The van der Waals surface area contributed by atoms with E-state index < -0.39 is 5.82 Å². The maximum Gasteiger partial charge on any atom is 0.253 e. The molecule has 0 saturated carbocycles. The molecule has 0 aliphatic carbocycles. The number of likely N-dealkylation sites (tertiary alicyclic amines) is 1. The number of carbonyl (C=O) groups excluding carboxylic acids is 2. The summed E-state index contributed by atoms with van der Waals surface area (Å²) >= 11 is 6.19. The molecule has 1 unspecified atom stereocenters. The summed E-state index contributed by atoms with van der Waals surface area (Å²) in [5, 5.41) is 3.40. The van der Waals surface area contributed by atoms with Crippen molar-refractivity contribution in [1.82, 2.24) is 4.90 Å². The summed E-state index contributed by atoms with van der Waals surface area (Å²) in [6.07, 6.45) is 1.38. The fourth-order valence-corrected chi connectivity index (χ4v) is 3.86. The summed E-state index contributed by atoms with van der Waals surface area (Å²) in [4.78, 5) is 27.4. The number of ether oxygens (including phenoxy) is 1. The maximum absolute atomic E-state index is 13.2. The normalized spacial score (nSPS) is 15.8. The van der Waals surface area contributed by atoms with E-state index in [0.29, 0.717) is 53.7 Å². The number of nitrogens with one attached hydrogen (secondary N) is 1. The first kappa shape index (κ1) is 21.8. The quantitative estimate of drug-likeness (QED) is 0.535. The number of amides is 2. The van der Waals surface area contributed by atoms with Gasteiger partial charge in [-0.2, -0.15) is 0 Å². The van der Waals surface area contributed by atoms with Crippen molar-refractivity contribution in [3.63, 3.8) is 0 Å². The van der Waals surface area contributed by atoms with Crippen LogP contribution in [0.15, 0.2) is 72.8 Å². The zero-order chi connectivity index (χ0) is 22.5. The Bertz CT molecular complexity index is 1120. The predicted octanol–water partition coefficient (Wildman–Crippen LogP) is 5.76. The van der Waals surface area contributed by atoms with Crippen LogP contribution in [0.5, 0.6) is 11.5 Å². The van der Waals surface area contributed by atoms with E-state index in [2.05, 4.69) is 5.32 Å². The van der Waals surface area contributed by atoms with Gasteiger partial charge in [-0.1, -0.05) is 35.9 Å². The van der Waals surface area contributed by atoms with Gasteiger partial charge < -0.3 is 15.0 Å². The molecule has 3 aromatic carbocycles. The summed E-state index contributed by atoms with van der Waals surface area (Å²) < 4.78 is 19.1. The molecule has 1 heterocycles. The highest BCUT2D eigenvalue weighted by Gasteiger charge is 2.29. The lowest BCUT2D eigenvalue weighted by molar-refractivity contribution is -0.121. The number of nitrogens with zero attached hydrogens (tertiary/aromatic N) is 1. The van der Waals surface area contributed by atoms with Gasteiger partial charge in [-0.25, -0.2) is 4.39 Å². The lowest BCUT2D eigenvalue weighted by atomic mass is 9.96. The van der Waals surface area contributed by atoms with Crippen LogP contribution in [-0.2, 0) is 4.79 Å². The highest BCUT2D eigenvalue weighted by Crippen LogP contribution is 2.34. The molecule has 1 aliphatic rings. The average molecular weight is 453 g/mol. The Morgan fingerprint density at radius 1 is 0.969 bits per heavy atom. The smallest absolute Gasteiger partial charge is 0.253 e. The number of hydrogen-bond donors (Lipinski definition) is 1. The summed E-state index contributed by atoms with van der Waals surface area (Å²) in [5.74, 6) is -0.174. The molecule has 164 valence electrons. The largest absolute Gasteiger partial charge is 0.454 e. The Balaban J connectivity index is 1.44. The van der Waals surface area contributed by atoms with Crippen LogP contribution in [0.3, 0.4) is 0 Å². The molecule has 1 fully saturated rings. The third kappa shape index (κ3) is 5.08. The van der Waals surface area contributed by atoms with E-state index in [9.17, 15) is 14.0 Å². The van der Waals surface area contributed by atoms with Gasteiger partial charge in [0.15, 0.2) is 5.75 Å². The molecule has 2 amide bonds. The molecule has 1 N–H and O–H groups in total. The minimum atomic E-state index is -0.393. The molecule has 1 aliphatic heterocycles. The molecule has 7 heteroatoms. The van der Waals surface area contributed by atoms with E-state index in [1.165, 1.54) is 24.3 Å². The third-order valence-electron chi connectivity index (χ3n) is 5.37. The van der Waals surface area contributed by atoms with Gasteiger partial charge in [-0.3, -0.25) is 9.59 Å². The highest BCUT2D eigenvalue weighted by atomic mass is 35.5. The van der Waals surface area contributed by atoms with E-state index in [4.69, 9.17) is 16.3 Å². The minimum absolute atomic E-state index is 0.184. The first-order chi connectivity index (χ1) is 15.5. The second kappa shape index (κ2) is 9.83. The molecule has 1 saturated heterocycles. The van der Waals surface area contributed by atoms with Crippen LogP contribution in [0.4, 0.5) is 10.1 Å². The van der Waals surface area contributed by atoms with Crippen molar-refractivity contribution >= 4 is 29.1 Å². The van der Waals surface area contributed by atoms with Gasteiger partial charge in [0.25, 0.3) is 5.91 Å². The zero-order valence-corrected chi connectivity index (χ0v) is 18.0. The van der Waals surface area contributed by atoms with Crippen molar-refractivity contribution in [2.75, 3.05) is 18.4 Å². The summed E-state index contributed by atoms with van der Waals surface area (Å²) in [6, 6.07) is 19.7. The number of para-hydroxylation sites is 3. The first-order valence-electron chi connectivity index (χ1n) is 10.4. The molecular formula is C25H22ClFN2O3. The third-order valence-corrected chi connectivity index (χ3v) is 5.68. The van der Waals surface area contributed by atoms with Gasteiger partial charge in [0.2, 0.25) is 5.91 Å². The van der Waals surface area contributed by atoms with Crippen LogP contribution >= 0.6 is 11.6 Å². The Hall–Kier alpha value is -3.38. The van der Waals surface area contributed by atoms with Gasteiger partial charge in [0.05, 0.1) is 16.6 Å². The second-order valence-corrected chi connectivity index (χ2v) is 8.02. The van der Waals surface area contributed by atoms with Gasteiger partial charge in [0.1, 0.15) is 11.6 Å². The van der Waals surface area contributed by atoms with Crippen LogP contribution in [-0.4, -0.2) is 29.8 Å². The number of hydrogen-bond acceptors (Lipinski definition) is 3. The number of carbonyl (C=O) groups is 2. The van der Waals surface area contributed by atoms with E-state index in [1.807, 2.05) is 18.2 Å². The van der Waals surface area contributed by atoms with E-state index in [1.54, 1.807) is 35.2 Å². The molecule has 0 spiro atoms. The molecule has 0 bridgehead atoms. The van der Waals surface area contributed by atoms with Crippen molar-refractivity contribution in [3.05, 3.63) is 89.2 Å². The minimum Gasteiger partial charge on any atom is -0.454 e. The highest BCUT2D eigenvalue weighted by molar-refractivity contribution is 6.32. The van der Waals surface area contributed by atoms with Crippen molar-refractivity contribution in [1.29, 1.82) is 0 Å². The van der Waals surface area contributed by atoms with Crippen molar-refractivity contribution in [3.8, 4) is 11.5 Å². The Kier molecular flexibility index (Phi) is 6.71. The van der Waals surface area contributed by atoms with Gasteiger partial charge in [-0.05, 0) is 61.4 Å². The summed E-state index contributed by atoms with van der Waals surface area (Å²) in [6.45, 7) is 0.863. The van der Waals surface area contributed by atoms with Crippen LogP contribution in [0.25, 0.3) is 0 Å². The molecule has 1 atom stereocenters. The van der Waals surface area contributed by atoms with Crippen molar-refractivity contribution in [2.24, 2.45) is 5.92 Å². The molecule has 0 radical (unpaired) electrons. The van der Waals surface area contributed by atoms with Crippen molar-refractivity contribution in [2.45, 2.75) is 12.8 Å². The lowest BCUT2D eigenvalue weighted by Crippen LogP contribution is -2.43. The predicted molar refractivity (Wildman–Crippen MR) is 122 cm³/mol. The first-order valence-corrected chi connectivity index (χ1v) is 10.8. The Morgan fingerprint density at radius 2 is 1.66 bits per heavy atom. The van der Waals surface area contributed by atoms with E-state index in [-0.39, 0.29) is 17.7 Å². The molecule has 0 aromatic heterocycles. The van der Waals surface area contributed by atoms with Crippen molar-refractivity contribution < 1.29 is 18.7 Å². The van der Waals surface area contributed by atoms with E-state index >= 15 is 0 Å².